The van der Waals surface area contributed by atoms with Gasteiger partial charge in [0.15, 0.2) is 16.6 Å². The SMILES string of the molecule is CCOc1ccc(CCNC(=S)NCc2cnn(CC)c2C)cc1OCC. The summed E-state index contributed by atoms with van der Waals surface area (Å²) in [5.74, 6) is 1.58. The molecule has 0 radical (unpaired) electrons. The molecule has 2 N–H and O–H groups in total. The van der Waals surface area contributed by atoms with Gasteiger partial charge in [-0.25, -0.2) is 0 Å². The molecule has 0 fully saturated rings. The molecule has 0 amide bonds. The first-order valence-electron chi connectivity index (χ1n) is 9.50. The van der Waals surface area contributed by atoms with Crippen LogP contribution in [0.15, 0.2) is 24.4 Å². The van der Waals surface area contributed by atoms with E-state index in [1.165, 1.54) is 11.3 Å². The Morgan fingerprint density at radius 3 is 2.52 bits per heavy atom. The Bertz CT molecular complexity index is 746. The van der Waals surface area contributed by atoms with Crippen LogP contribution in [-0.2, 0) is 19.5 Å². The van der Waals surface area contributed by atoms with Crippen LogP contribution in [0, 0.1) is 6.92 Å². The first kappa shape index (κ1) is 21.0. The first-order valence-corrected chi connectivity index (χ1v) is 9.91. The van der Waals surface area contributed by atoms with E-state index in [1.807, 2.05) is 36.9 Å². The molecule has 0 aliphatic rings. The van der Waals surface area contributed by atoms with Crippen LogP contribution in [0.1, 0.15) is 37.6 Å². The van der Waals surface area contributed by atoms with Crippen LogP contribution < -0.4 is 20.1 Å². The van der Waals surface area contributed by atoms with E-state index in [1.54, 1.807) is 0 Å². The van der Waals surface area contributed by atoms with Crippen LogP contribution in [0.25, 0.3) is 0 Å². The Kier molecular flexibility index (Phi) is 8.39. The third kappa shape index (κ3) is 6.13. The largest absolute Gasteiger partial charge is 0.490 e. The number of ether oxygens (including phenoxy) is 2. The van der Waals surface area contributed by atoms with Crippen molar-refractivity contribution in [2.75, 3.05) is 19.8 Å². The molecule has 148 valence electrons. The van der Waals surface area contributed by atoms with Crippen molar-refractivity contribution >= 4 is 17.3 Å². The summed E-state index contributed by atoms with van der Waals surface area (Å²) in [6.45, 7) is 11.6. The molecule has 0 saturated heterocycles. The summed E-state index contributed by atoms with van der Waals surface area (Å²) in [7, 11) is 0. The van der Waals surface area contributed by atoms with Gasteiger partial charge in [-0.3, -0.25) is 4.68 Å². The van der Waals surface area contributed by atoms with Crippen molar-refractivity contribution in [3.05, 3.63) is 41.2 Å². The summed E-state index contributed by atoms with van der Waals surface area (Å²) in [6, 6.07) is 6.07. The number of hydrogen-bond donors (Lipinski definition) is 2. The monoisotopic (exact) mass is 390 g/mol. The number of rotatable bonds is 10. The fraction of sp³-hybridized carbons (Fsp3) is 0.500. The van der Waals surface area contributed by atoms with Crippen molar-refractivity contribution in [1.29, 1.82) is 0 Å². The van der Waals surface area contributed by atoms with Crippen LogP contribution in [0.3, 0.4) is 0 Å². The second-order valence-electron chi connectivity index (χ2n) is 6.08. The van der Waals surface area contributed by atoms with Crippen LogP contribution in [-0.4, -0.2) is 34.7 Å². The number of aromatic nitrogens is 2. The standard InChI is InChI=1S/C20H30N4O2S/c1-5-24-15(4)17(14-23-24)13-22-20(27)21-11-10-16-8-9-18(25-6-2)19(12-16)26-7-3/h8-9,12,14H,5-7,10-11,13H2,1-4H3,(H2,21,22,27). The van der Waals surface area contributed by atoms with Crippen molar-refractivity contribution in [3.63, 3.8) is 0 Å². The summed E-state index contributed by atoms with van der Waals surface area (Å²) in [4.78, 5) is 0. The fourth-order valence-corrected chi connectivity index (χ4v) is 2.96. The van der Waals surface area contributed by atoms with Gasteiger partial charge < -0.3 is 20.1 Å². The van der Waals surface area contributed by atoms with Crippen molar-refractivity contribution in [2.45, 2.75) is 47.2 Å². The van der Waals surface area contributed by atoms with Gasteiger partial charge in [0, 0.05) is 30.9 Å². The molecule has 0 bridgehead atoms. The molecule has 2 rings (SSSR count). The summed E-state index contributed by atoms with van der Waals surface area (Å²) >= 11 is 5.38. The van der Waals surface area contributed by atoms with E-state index < -0.39 is 0 Å². The predicted molar refractivity (Wildman–Crippen MR) is 113 cm³/mol. The van der Waals surface area contributed by atoms with Crippen LogP contribution in [0.5, 0.6) is 11.5 Å². The molecular formula is C20H30N4O2S. The highest BCUT2D eigenvalue weighted by Gasteiger charge is 2.07. The molecule has 6 nitrogen and oxygen atoms in total. The van der Waals surface area contributed by atoms with E-state index in [4.69, 9.17) is 21.7 Å². The molecule has 0 aliphatic carbocycles. The second kappa shape index (κ2) is 10.8. The predicted octanol–water partition coefficient (Wildman–Crippen LogP) is 3.22. The number of nitrogens with one attached hydrogen (secondary N) is 2. The third-order valence-corrected chi connectivity index (χ3v) is 4.54. The number of thiocarbonyl (C=S) groups is 1. The van der Waals surface area contributed by atoms with Gasteiger partial charge in [0.25, 0.3) is 0 Å². The number of nitrogens with zero attached hydrogens (tertiary/aromatic N) is 2. The van der Waals surface area contributed by atoms with Gasteiger partial charge >= 0.3 is 0 Å². The van der Waals surface area contributed by atoms with Crippen molar-refractivity contribution < 1.29 is 9.47 Å². The van der Waals surface area contributed by atoms with Gasteiger partial charge in [-0.2, -0.15) is 5.10 Å². The van der Waals surface area contributed by atoms with Crippen molar-refractivity contribution in [1.82, 2.24) is 20.4 Å². The first-order chi connectivity index (χ1) is 13.1. The van der Waals surface area contributed by atoms with E-state index in [0.29, 0.717) is 24.9 Å². The minimum Gasteiger partial charge on any atom is -0.490 e. The van der Waals surface area contributed by atoms with E-state index in [0.717, 1.165) is 36.6 Å². The molecule has 0 aliphatic heterocycles. The molecule has 0 saturated carbocycles. The van der Waals surface area contributed by atoms with Gasteiger partial charge in [0.1, 0.15) is 0 Å². The lowest BCUT2D eigenvalue weighted by Crippen LogP contribution is -2.36. The lowest BCUT2D eigenvalue weighted by atomic mass is 10.1. The summed E-state index contributed by atoms with van der Waals surface area (Å²) in [5, 5.41) is 11.5. The molecule has 2 aromatic rings. The Morgan fingerprint density at radius 2 is 1.85 bits per heavy atom. The van der Waals surface area contributed by atoms with E-state index in [9.17, 15) is 0 Å². The highest BCUT2D eigenvalue weighted by Crippen LogP contribution is 2.28. The Balaban J connectivity index is 1.80. The van der Waals surface area contributed by atoms with Gasteiger partial charge in [-0.1, -0.05) is 6.07 Å². The average molecular weight is 391 g/mol. The summed E-state index contributed by atoms with van der Waals surface area (Å²) in [5.41, 5.74) is 3.51. The molecule has 1 aromatic carbocycles. The molecule has 27 heavy (non-hydrogen) atoms. The summed E-state index contributed by atoms with van der Waals surface area (Å²) in [6.07, 6.45) is 2.74. The molecule has 1 heterocycles. The molecule has 0 spiro atoms. The number of benzene rings is 1. The highest BCUT2D eigenvalue weighted by atomic mass is 32.1. The van der Waals surface area contributed by atoms with Crippen molar-refractivity contribution in [2.24, 2.45) is 0 Å². The maximum Gasteiger partial charge on any atom is 0.166 e. The van der Waals surface area contributed by atoms with Gasteiger partial charge in [-0.15, -0.1) is 0 Å². The van der Waals surface area contributed by atoms with Crippen LogP contribution in [0.2, 0.25) is 0 Å². The zero-order chi connectivity index (χ0) is 19.6. The quantitative estimate of drug-likeness (QED) is 0.608. The third-order valence-electron chi connectivity index (χ3n) is 4.25. The minimum atomic E-state index is 0.615. The molecule has 1 aromatic heterocycles. The molecule has 0 unspecified atom stereocenters. The number of aryl methyl sites for hydroxylation is 1. The summed E-state index contributed by atoms with van der Waals surface area (Å²) < 4.78 is 13.3. The number of hydrogen-bond acceptors (Lipinski definition) is 4. The maximum absolute atomic E-state index is 5.68. The van der Waals surface area contributed by atoms with E-state index in [-0.39, 0.29) is 0 Å². The lowest BCUT2D eigenvalue weighted by Gasteiger charge is -2.13. The topological polar surface area (TPSA) is 60.3 Å². The molecule has 7 heteroatoms. The van der Waals surface area contributed by atoms with Crippen LogP contribution >= 0.6 is 12.2 Å². The molecular weight excluding hydrogens is 360 g/mol. The van der Waals surface area contributed by atoms with Gasteiger partial charge in [0.05, 0.1) is 19.4 Å². The molecule has 0 atom stereocenters. The average Bonchev–Trinajstić information content (AvgIpc) is 3.02. The Labute approximate surface area is 167 Å². The van der Waals surface area contributed by atoms with Gasteiger partial charge in [-0.05, 0) is 64.0 Å². The smallest absolute Gasteiger partial charge is 0.166 e. The normalized spacial score (nSPS) is 10.5. The lowest BCUT2D eigenvalue weighted by molar-refractivity contribution is 0.287. The zero-order valence-electron chi connectivity index (χ0n) is 16.7. The Morgan fingerprint density at radius 1 is 1.11 bits per heavy atom. The minimum absolute atomic E-state index is 0.615. The zero-order valence-corrected chi connectivity index (χ0v) is 17.5. The fourth-order valence-electron chi connectivity index (χ4n) is 2.79. The Hall–Kier alpha value is -2.28. The van der Waals surface area contributed by atoms with E-state index >= 15 is 0 Å². The maximum atomic E-state index is 5.68. The van der Waals surface area contributed by atoms with E-state index in [2.05, 4.69) is 35.6 Å². The second-order valence-corrected chi connectivity index (χ2v) is 6.49. The highest BCUT2D eigenvalue weighted by molar-refractivity contribution is 7.80. The van der Waals surface area contributed by atoms with Crippen molar-refractivity contribution in [3.8, 4) is 11.5 Å². The van der Waals surface area contributed by atoms with Crippen LogP contribution in [0.4, 0.5) is 0 Å². The van der Waals surface area contributed by atoms with Gasteiger partial charge in [0.2, 0.25) is 0 Å².